The van der Waals surface area contributed by atoms with Gasteiger partial charge < -0.3 is 14.4 Å². The zero-order valence-corrected chi connectivity index (χ0v) is 17.4. The summed E-state index contributed by atoms with van der Waals surface area (Å²) in [6, 6.07) is 10.4. The molecule has 1 aliphatic rings. The van der Waals surface area contributed by atoms with E-state index in [1.54, 1.807) is 16.8 Å². The van der Waals surface area contributed by atoms with Crippen LogP contribution in [0.1, 0.15) is 34.5 Å². The molecule has 0 aliphatic carbocycles. The van der Waals surface area contributed by atoms with Gasteiger partial charge in [0.1, 0.15) is 5.69 Å². The predicted molar refractivity (Wildman–Crippen MR) is 111 cm³/mol. The second-order valence-electron chi connectivity index (χ2n) is 7.83. The molecule has 4 nitrogen and oxygen atoms in total. The minimum atomic E-state index is 0.0430. The van der Waals surface area contributed by atoms with Gasteiger partial charge in [-0.25, -0.2) is 0 Å². The highest BCUT2D eigenvalue weighted by Crippen LogP contribution is 2.20. The highest BCUT2D eigenvalue weighted by molar-refractivity contribution is 6.31. The van der Waals surface area contributed by atoms with E-state index in [-0.39, 0.29) is 5.91 Å². The molecular weight excluding hydrogens is 358 g/mol. The molecule has 1 amide bonds. The van der Waals surface area contributed by atoms with Crippen molar-refractivity contribution in [1.82, 2.24) is 14.4 Å². The molecule has 1 aromatic carbocycles. The summed E-state index contributed by atoms with van der Waals surface area (Å²) < 4.78 is 1.80. The molecule has 3 rings (SSSR count). The maximum atomic E-state index is 12.7. The Kier molecular flexibility index (Phi) is 6.61. The van der Waals surface area contributed by atoms with Gasteiger partial charge in [0.25, 0.3) is 5.91 Å². The van der Waals surface area contributed by atoms with E-state index in [9.17, 15) is 4.79 Å². The van der Waals surface area contributed by atoms with Crippen LogP contribution in [0.4, 0.5) is 0 Å². The molecule has 1 aliphatic heterocycles. The zero-order chi connectivity index (χ0) is 19.4. The number of hydrogen-bond acceptors (Lipinski definition) is 2. The quantitative estimate of drug-likeness (QED) is 0.749. The number of likely N-dealkylation sites (tertiary alicyclic amines) is 1. The number of nitrogens with zero attached hydrogens (tertiary/aromatic N) is 3. The minimum Gasteiger partial charge on any atom is -0.345 e. The first kappa shape index (κ1) is 20.0. The van der Waals surface area contributed by atoms with Crippen molar-refractivity contribution in [1.29, 1.82) is 0 Å². The number of aromatic nitrogens is 1. The van der Waals surface area contributed by atoms with Crippen LogP contribution < -0.4 is 0 Å². The number of amides is 1. The number of rotatable bonds is 6. The van der Waals surface area contributed by atoms with Crippen molar-refractivity contribution in [2.45, 2.75) is 26.2 Å². The first-order chi connectivity index (χ1) is 12.9. The minimum absolute atomic E-state index is 0.0430. The monoisotopic (exact) mass is 387 g/mol. The second kappa shape index (κ2) is 8.94. The standard InChI is InChI=1S/C22H30ClN3O/c1-17-7-4-5-9-19(17)10-12-26-11-6-8-18(15-26)14-25(3)22(27)21-13-20(23)16-24(21)2/h4-5,7,9,13,16,18H,6,8,10-12,14-15H2,1-3H3/t18-/m0/s1. The SMILES string of the molecule is Cc1ccccc1CCN1CCC[C@@H](CN(C)C(=O)c2cc(Cl)cn2C)C1. The normalized spacial score (nSPS) is 17.9. The van der Waals surface area contributed by atoms with Gasteiger partial charge in [-0.3, -0.25) is 4.79 Å². The molecule has 0 N–H and O–H groups in total. The summed E-state index contributed by atoms with van der Waals surface area (Å²) in [6.07, 6.45) is 5.26. The Labute approximate surface area is 167 Å². The van der Waals surface area contributed by atoms with Crippen LogP contribution in [0, 0.1) is 12.8 Å². The van der Waals surface area contributed by atoms with Crippen LogP contribution in [0.25, 0.3) is 0 Å². The van der Waals surface area contributed by atoms with Gasteiger partial charge >= 0.3 is 0 Å². The van der Waals surface area contributed by atoms with Crippen LogP contribution >= 0.6 is 11.6 Å². The van der Waals surface area contributed by atoms with Gasteiger partial charge in [-0.2, -0.15) is 0 Å². The van der Waals surface area contributed by atoms with E-state index >= 15 is 0 Å². The molecule has 0 radical (unpaired) electrons. The molecule has 5 heteroatoms. The maximum absolute atomic E-state index is 12.7. The van der Waals surface area contributed by atoms with Crippen molar-refractivity contribution >= 4 is 17.5 Å². The first-order valence-corrected chi connectivity index (χ1v) is 10.2. The summed E-state index contributed by atoms with van der Waals surface area (Å²) in [5, 5.41) is 0.606. The van der Waals surface area contributed by atoms with Gasteiger partial charge in [-0.1, -0.05) is 35.9 Å². The van der Waals surface area contributed by atoms with Crippen molar-refractivity contribution in [2.24, 2.45) is 13.0 Å². The fourth-order valence-electron chi connectivity index (χ4n) is 4.08. The maximum Gasteiger partial charge on any atom is 0.270 e. The molecule has 0 spiro atoms. The largest absolute Gasteiger partial charge is 0.345 e. The summed E-state index contributed by atoms with van der Waals surface area (Å²) in [4.78, 5) is 17.1. The van der Waals surface area contributed by atoms with E-state index < -0.39 is 0 Å². The van der Waals surface area contributed by atoms with Crippen molar-refractivity contribution in [3.8, 4) is 0 Å². The van der Waals surface area contributed by atoms with E-state index in [1.165, 1.54) is 24.0 Å². The Bertz CT molecular complexity index is 786. The topological polar surface area (TPSA) is 28.5 Å². The van der Waals surface area contributed by atoms with Crippen molar-refractivity contribution in [3.63, 3.8) is 0 Å². The van der Waals surface area contributed by atoms with Gasteiger partial charge in [0.15, 0.2) is 0 Å². The molecule has 1 atom stereocenters. The average molecular weight is 388 g/mol. The fourth-order valence-corrected chi connectivity index (χ4v) is 4.32. The van der Waals surface area contributed by atoms with Gasteiger partial charge in [0.05, 0.1) is 5.02 Å². The highest BCUT2D eigenvalue weighted by Gasteiger charge is 2.24. The Morgan fingerprint density at radius 1 is 1.33 bits per heavy atom. The summed E-state index contributed by atoms with van der Waals surface area (Å²) >= 11 is 6.02. The number of carbonyl (C=O) groups excluding carboxylic acids is 1. The van der Waals surface area contributed by atoms with Gasteiger partial charge in [0.2, 0.25) is 0 Å². The van der Waals surface area contributed by atoms with Crippen LogP contribution in [-0.2, 0) is 13.5 Å². The summed E-state index contributed by atoms with van der Waals surface area (Å²) in [5.41, 5.74) is 3.46. The van der Waals surface area contributed by atoms with E-state index in [2.05, 4.69) is 36.1 Å². The lowest BCUT2D eigenvalue weighted by atomic mass is 9.96. The average Bonchev–Trinajstić information content (AvgIpc) is 2.99. The highest BCUT2D eigenvalue weighted by atomic mass is 35.5. The molecule has 1 aromatic heterocycles. The number of aryl methyl sites for hydroxylation is 2. The molecule has 0 bridgehead atoms. The molecule has 2 aromatic rings. The number of benzene rings is 1. The van der Waals surface area contributed by atoms with Crippen molar-refractivity contribution < 1.29 is 4.79 Å². The van der Waals surface area contributed by atoms with Gasteiger partial charge in [-0.15, -0.1) is 0 Å². The third-order valence-electron chi connectivity index (χ3n) is 5.63. The molecule has 0 unspecified atom stereocenters. The first-order valence-electron chi connectivity index (χ1n) is 9.78. The van der Waals surface area contributed by atoms with Crippen LogP contribution in [-0.4, -0.2) is 53.5 Å². The van der Waals surface area contributed by atoms with E-state index in [0.29, 0.717) is 16.6 Å². The Balaban J connectivity index is 1.52. The molecule has 0 saturated carbocycles. The molecule has 1 saturated heterocycles. The van der Waals surface area contributed by atoms with Crippen molar-refractivity contribution in [3.05, 3.63) is 58.4 Å². The smallest absolute Gasteiger partial charge is 0.270 e. The van der Waals surface area contributed by atoms with Gasteiger partial charge in [-0.05, 0) is 55.8 Å². The summed E-state index contributed by atoms with van der Waals surface area (Å²) in [6.45, 7) is 6.30. The van der Waals surface area contributed by atoms with Crippen LogP contribution in [0.15, 0.2) is 36.5 Å². The Hall–Kier alpha value is -1.78. The molecule has 1 fully saturated rings. The van der Waals surface area contributed by atoms with E-state index in [4.69, 9.17) is 11.6 Å². The third kappa shape index (κ3) is 5.14. The van der Waals surface area contributed by atoms with Gasteiger partial charge in [0, 0.05) is 39.9 Å². The van der Waals surface area contributed by atoms with Crippen LogP contribution in [0.5, 0.6) is 0 Å². The summed E-state index contributed by atoms with van der Waals surface area (Å²) in [7, 11) is 3.76. The van der Waals surface area contributed by atoms with Crippen LogP contribution in [0.3, 0.4) is 0 Å². The summed E-state index contributed by atoms with van der Waals surface area (Å²) in [5.74, 6) is 0.571. The Morgan fingerprint density at radius 3 is 2.81 bits per heavy atom. The van der Waals surface area contributed by atoms with E-state index in [1.807, 2.05) is 19.0 Å². The fraction of sp³-hybridized carbons (Fsp3) is 0.500. The molecular formula is C22H30ClN3O. The number of halogens is 1. The lowest BCUT2D eigenvalue weighted by Gasteiger charge is -2.34. The number of piperidine rings is 1. The molecule has 2 heterocycles. The lowest BCUT2D eigenvalue weighted by Crippen LogP contribution is -2.42. The van der Waals surface area contributed by atoms with E-state index in [0.717, 1.165) is 32.6 Å². The molecule has 146 valence electrons. The zero-order valence-electron chi connectivity index (χ0n) is 16.6. The predicted octanol–water partition coefficient (Wildman–Crippen LogP) is 4.01. The Morgan fingerprint density at radius 2 is 2.11 bits per heavy atom. The second-order valence-corrected chi connectivity index (χ2v) is 8.26. The van der Waals surface area contributed by atoms with Crippen LogP contribution in [0.2, 0.25) is 5.02 Å². The lowest BCUT2D eigenvalue weighted by molar-refractivity contribution is 0.0721. The number of carbonyl (C=O) groups is 1. The molecule has 27 heavy (non-hydrogen) atoms. The third-order valence-corrected chi connectivity index (χ3v) is 5.84. The van der Waals surface area contributed by atoms with Crippen molar-refractivity contribution in [2.75, 3.05) is 33.2 Å². The number of hydrogen-bond donors (Lipinski definition) is 0.